The third-order valence-corrected chi connectivity index (χ3v) is 8.23. The molecule has 2 bridgehead atoms. The normalized spacial score (nSPS) is 31.5. The summed E-state index contributed by atoms with van der Waals surface area (Å²) in [6.45, 7) is 2.97. The van der Waals surface area contributed by atoms with Crippen LogP contribution in [0.25, 0.3) is 0 Å². The van der Waals surface area contributed by atoms with Gasteiger partial charge in [0.15, 0.2) is 17.6 Å². The van der Waals surface area contributed by atoms with E-state index in [1.54, 1.807) is 7.11 Å². The summed E-state index contributed by atoms with van der Waals surface area (Å²) < 4.78 is 18.3. The van der Waals surface area contributed by atoms with Gasteiger partial charge in [-0.3, -0.25) is 4.90 Å². The van der Waals surface area contributed by atoms with Crippen LogP contribution >= 0.6 is 9.24 Å². The number of esters is 1. The molecule has 2 heterocycles. The highest BCUT2D eigenvalue weighted by Crippen LogP contribution is 2.62. The number of carbonyl (C=O) groups is 1. The minimum atomic E-state index is -0.269. The van der Waals surface area contributed by atoms with E-state index in [0.717, 1.165) is 43.6 Å². The number of carbonyl (C=O) groups excluding carboxylic acids is 1. The van der Waals surface area contributed by atoms with E-state index in [2.05, 4.69) is 26.7 Å². The minimum absolute atomic E-state index is 0.147. The molecule has 0 saturated carbocycles. The molecule has 4 aliphatic rings. The molecule has 1 spiro atoms. The highest BCUT2D eigenvalue weighted by Gasteiger charge is 2.64. The Bertz CT molecular complexity index is 903. The van der Waals surface area contributed by atoms with Crippen LogP contribution in [0.2, 0.25) is 0 Å². The zero-order valence-corrected chi connectivity index (χ0v) is 19.1. The Labute approximate surface area is 180 Å². The number of rotatable bonds is 6. The number of methoxy groups -OCH3 is 1. The summed E-state index contributed by atoms with van der Waals surface area (Å²) in [6, 6.07) is 4.36. The van der Waals surface area contributed by atoms with Crippen LogP contribution in [0, 0.1) is 5.92 Å². The first kappa shape index (κ1) is 20.3. The van der Waals surface area contributed by atoms with E-state index in [0.29, 0.717) is 24.1 Å². The molecule has 0 aromatic heterocycles. The molecular weight excluding hydrogens is 399 g/mol. The van der Waals surface area contributed by atoms with Crippen LogP contribution in [0.3, 0.4) is 0 Å². The Morgan fingerprint density at radius 1 is 1.47 bits per heavy atom. The van der Waals surface area contributed by atoms with E-state index < -0.39 is 0 Å². The second-order valence-electron chi connectivity index (χ2n) is 8.92. The lowest BCUT2D eigenvalue weighted by atomic mass is 9.53. The van der Waals surface area contributed by atoms with Crippen molar-refractivity contribution in [3.05, 3.63) is 35.1 Å². The van der Waals surface area contributed by atoms with Gasteiger partial charge >= 0.3 is 5.97 Å². The van der Waals surface area contributed by atoms with Crippen molar-refractivity contribution in [2.75, 3.05) is 27.0 Å². The van der Waals surface area contributed by atoms with Crippen molar-refractivity contribution in [1.29, 1.82) is 0 Å². The molecule has 162 valence electrons. The summed E-state index contributed by atoms with van der Waals surface area (Å²) in [5.41, 5.74) is 2.49. The summed E-state index contributed by atoms with van der Waals surface area (Å²) >= 11 is 0. The molecule has 1 N–H and O–H groups in total. The maximum absolute atomic E-state index is 13.1. The van der Waals surface area contributed by atoms with Crippen molar-refractivity contribution in [3.8, 4) is 11.5 Å². The van der Waals surface area contributed by atoms with Crippen molar-refractivity contribution in [3.63, 3.8) is 0 Å². The standard InChI is InChI=1S/C23H31N2O4P/c1-4-16(25(2)12-30)22(26)28-18-8-6-14-15-11-13-5-7-17(27-3)20-19(13)23(14,9-10-24-15)21(18)29-20/h5,7-8,14-16,21,24H,4,6,9-12,30H2,1-3H3/t14-,15+,16?,21-,23-/m0/s1. The van der Waals surface area contributed by atoms with Gasteiger partial charge in [-0.1, -0.05) is 13.0 Å². The molecule has 6 nitrogen and oxygen atoms in total. The highest BCUT2D eigenvalue weighted by molar-refractivity contribution is 7.16. The zero-order chi connectivity index (χ0) is 21.0. The van der Waals surface area contributed by atoms with E-state index >= 15 is 0 Å². The quantitative estimate of drug-likeness (QED) is 0.553. The predicted molar refractivity (Wildman–Crippen MR) is 118 cm³/mol. The molecule has 30 heavy (non-hydrogen) atoms. The van der Waals surface area contributed by atoms with Gasteiger partial charge in [0.25, 0.3) is 0 Å². The van der Waals surface area contributed by atoms with Gasteiger partial charge in [-0.05, 0) is 62.9 Å². The van der Waals surface area contributed by atoms with Crippen molar-refractivity contribution in [1.82, 2.24) is 10.2 Å². The van der Waals surface area contributed by atoms with Gasteiger partial charge in [-0.25, -0.2) is 4.79 Å². The number of nitrogens with one attached hydrogen (secondary N) is 1. The first-order valence-corrected chi connectivity index (χ1v) is 11.8. The molecule has 7 heteroatoms. The van der Waals surface area contributed by atoms with Crippen LogP contribution in [-0.2, 0) is 21.4 Å². The van der Waals surface area contributed by atoms with Crippen molar-refractivity contribution in [2.24, 2.45) is 5.92 Å². The first-order valence-electron chi connectivity index (χ1n) is 11.0. The van der Waals surface area contributed by atoms with Crippen LogP contribution in [-0.4, -0.2) is 56.0 Å². The fourth-order valence-corrected chi connectivity index (χ4v) is 6.51. The van der Waals surface area contributed by atoms with Crippen LogP contribution in [0.1, 0.15) is 37.3 Å². The molecule has 0 amide bonds. The van der Waals surface area contributed by atoms with Gasteiger partial charge in [0.05, 0.1) is 7.11 Å². The van der Waals surface area contributed by atoms with Crippen molar-refractivity contribution in [2.45, 2.75) is 56.2 Å². The minimum Gasteiger partial charge on any atom is -0.493 e. The third-order valence-electron chi connectivity index (χ3n) is 7.66. The summed E-state index contributed by atoms with van der Waals surface area (Å²) in [5.74, 6) is 2.54. The summed E-state index contributed by atoms with van der Waals surface area (Å²) in [7, 11) is 6.31. The van der Waals surface area contributed by atoms with Crippen LogP contribution in [0.15, 0.2) is 24.0 Å². The fraction of sp³-hybridized carbons (Fsp3) is 0.609. The van der Waals surface area contributed by atoms with Gasteiger partial charge in [0, 0.05) is 23.3 Å². The van der Waals surface area contributed by atoms with E-state index in [9.17, 15) is 4.79 Å². The zero-order valence-electron chi connectivity index (χ0n) is 17.9. The topological polar surface area (TPSA) is 60.0 Å². The van der Waals surface area contributed by atoms with Gasteiger partial charge < -0.3 is 19.5 Å². The van der Waals surface area contributed by atoms with E-state index in [4.69, 9.17) is 14.2 Å². The number of benzene rings is 1. The predicted octanol–water partition coefficient (Wildman–Crippen LogP) is 2.60. The van der Waals surface area contributed by atoms with Gasteiger partial charge in [0.1, 0.15) is 11.8 Å². The molecular formula is C23H31N2O4P. The maximum Gasteiger partial charge on any atom is 0.328 e. The van der Waals surface area contributed by atoms with E-state index in [-0.39, 0.29) is 23.5 Å². The number of nitrogens with zero attached hydrogens (tertiary/aromatic N) is 1. The number of piperidine rings is 1. The van der Waals surface area contributed by atoms with Crippen molar-refractivity contribution >= 4 is 15.2 Å². The molecule has 1 saturated heterocycles. The molecule has 1 aromatic carbocycles. The average Bonchev–Trinajstić information content (AvgIpc) is 3.09. The summed E-state index contributed by atoms with van der Waals surface area (Å²) in [4.78, 5) is 15.1. The molecule has 1 fully saturated rings. The first-order chi connectivity index (χ1) is 14.5. The number of likely N-dealkylation sites (N-methyl/N-ethyl adjacent to an activating group) is 1. The number of hydrogen-bond donors (Lipinski definition) is 1. The number of ether oxygens (including phenoxy) is 3. The molecule has 6 atom stereocenters. The van der Waals surface area contributed by atoms with E-state index in [1.807, 2.05) is 24.9 Å². The average molecular weight is 430 g/mol. The Kier molecular flexibility index (Phi) is 5.08. The molecule has 0 radical (unpaired) electrons. The second-order valence-corrected chi connectivity index (χ2v) is 9.28. The lowest BCUT2D eigenvalue weighted by molar-refractivity contribution is -0.147. The summed E-state index contributed by atoms with van der Waals surface area (Å²) in [5, 5.41) is 3.73. The Hall–Kier alpha value is -1.62. The number of hydrogen-bond acceptors (Lipinski definition) is 6. The smallest absolute Gasteiger partial charge is 0.328 e. The summed E-state index contributed by atoms with van der Waals surface area (Å²) in [6.07, 6.45) is 6.14. The molecule has 1 aromatic rings. The SMILES string of the molecule is CCC(C(=O)OC1=CC[C@H]2[C@H]3Cc4ccc(OC)c5c4[C@@]2(CCN3)[C@H]1O5)N(C)CP. The highest BCUT2D eigenvalue weighted by atomic mass is 31.0. The molecule has 2 aliphatic carbocycles. The Balaban J connectivity index is 1.55. The number of allylic oxidation sites excluding steroid dienone is 1. The van der Waals surface area contributed by atoms with Crippen LogP contribution in [0.4, 0.5) is 0 Å². The molecule has 2 unspecified atom stereocenters. The van der Waals surface area contributed by atoms with Crippen LogP contribution in [0.5, 0.6) is 11.5 Å². The lowest BCUT2D eigenvalue weighted by Crippen LogP contribution is -2.63. The van der Waals surface area contributed by atoms with Gasteiger partial charge in [-0.2, -0.15) is 0 Å². The maximum atomic E-state index is 13.1. The van der Waals surface area contributed by atoms with Gasteiger partial charge in [-0.15, -0.1) is 9.24 Å². The largest absolute Gasteiger partial charge is 0.493 e. The van der Waals surface area contributed by atoms with Crippen molar-refractivity contribution < 1.29 is 19.0 Å². The van der Waals surface area contributed by atoms with E-state index in [1.165, 1.54) is 11.1 Å². The third kappa shape index (κ3) is 2.70. The molecule has 2 aliphatic heterocycles. The lowest BCUT2D eigenvalue weighted by Gasteiger charge is -2.54. The fourth-order valence-electron chi connectivity index (χ4n) is 6.26. The van der Waals surface area contributed by atoms with Crippen LogP contribution < -0.4 is 14.8 Å². The Morgan fingerprint density at radius 2 is 2.30 bits per heavy atom. The monoisotopic (exact) mass is 430 g/mol. The Morgan fingerprint density at radius 3 is 3.03 bits per heavy atom. The van der Waals surface area contributed by atoms with Gasteiger partial charge in [0.2, 0.25) is 0 Å². The second kappa shape index (κ2) is 7.51. The molecule has 5 rings (SSSR count).